The van der Waals surface area contributed by atoms with Crippen molar-refractivity contribution in [1.82, 2.24) is 15.3 Å². The van der Waals surface area contributed by atoms with Crippen molar-refractivity contribution >= 4 is 17.6 Å². The van der Waals surface area contributed by atoms with E-state index in [1.54, 1.807) is 0 Å². The molecule has 0 aliphatic carbocycles. The number of piperazine rings is 1. The van der Waals surface area contributed by atoms with E-state index in [0.717, 1.165) is 56.9 Å². The lowest BCUT2D eigenvalue weighted by molar-refractivity contribution is 0.583. The van der Waals surface area contributed by atoms with Crippen LogP contribution < -0.4 is 20.4 Å². The van der Waals surface area contributed by atoms with Crippen molar-refractivity contribution in [2.24, 2.45) is 0 Å². The van der Waals surface area contributed by atoms with Crippen molar-refractivity contribution in [3.63, 3.8) is 0 Å². The Morgan fingerprint density at radius 3 is 2.05 bits per heavy atom. The maximum atomic E-state index is 4.76. The molecule has 6 heteroatoms. The van der Waals surface area contributed by atoms with Gasteiger partial charge in [-0.25, -0.2) is 0 Å². The highest BCUT2D eigenvalue weighted by molar-refractivity contribution is 5.56. The van der Waals surface area contributed by atoms with E-state index >= 15 is 0 Å². The van der Waals surface area contributed by atoms with Gasteiger partial charge in [-0.05, 0) is 33.6 Å². The second-order valence-electron chi connectivity index (χ2n) is 7.21. The van der Waals surface area contributed by atoms with E-state index in [2.05, 4.69) is 47.3 Å². The summed E-state index contributed by atoms with van der Waals surface area (Å²) in [5, 5.41) is 6.83. The first-order chi connectivity index (χ1) is 10.5. The summed E-state index contributed by atoms with van der Waals surface area (Å²) in [6.07, 6.45) is 2.52. The molecule has 122 valence electrons. The molecule has 2 fully saturated rings. The van der Waals surface area contributed by atoms with Gasteiger partial charge in [0.1, 0.15) is 11.6 Å². The van der Waals surface area contributed by atoms with Crippen molar-refractivity contribution in [3.8, 4) is 0 Å². The van der Waals surface area contributed by atoms with Gasteiger partial charge in [0.15, 0.2) is 0 Å². The van der Waals surface area contributed by atoms with Crippen molar-refractivity contribution in [2.75, 3.05) is 54.4 Å². The molecule has 0 radical (unpaired) electrons. The van der Waals surface area contributed by atoms with Gasteiger partial charge in [0.25, 0.3) is 0 Å². The van der Waals surface area contributed by atoms with Crippen LogP contribution in [0.4, 0.5) is 17.6 Å². The first-order valence-corrected chi connectivity index (χ1v) is 8.39. The second kappa shape index (κ2) is 6.28. The summed E-state index contributed by atoms with van der Waals surface area (Å²) in [5.74, 6) is 2.85. The molecule has 0 saturated carbocycles. The molecule has 3 heterocycles. The second-order valence-corrected chi connectivity index (χ2v) is 7.21. The molecule has 3 rings (SSSR count). The van der Waals surface area contributed by atoms with Crippen LogP contribution in [0.2, 0.25) is 0 Å². The van der Waals surface area contributed by atoms with E-state index in [-0.39, 0.29) is 5.54 Å². The average molecular weight is 304 g/mol. The van der Waals surface area contributed by atoms with Gasteiger partial charge in [-0.1, -0.05) is 0 Å². The predicted molar refractivity (Wildman–Crippen MR) is 91.9 cm³/mol. The largest absolute Gasteiger partial charge is 0.356 e. The van der Waals surface area contributed by atoms with Crippen molar-refractivity contribution in [2.45, 2.75) is 39.2 Å². The monoisotopic (exact) mass is 304 g/mol. The standard InChI is InChI=1S/C16H28N6/c1-16(2,3)20-15-18-13(21-8-4-5-9-21)12-14(19-15)22-10-6-17-7-11-22/h12,17H,4-11H2,1-3H3,(H,18,19,20). The maximum absolute atomic E-state index is 4.76. The van der Waals surface area contributed by atoms with Crippen molar-refractivity contribution < 1.29 is 0 Å². The highest BCUT2D eigenvalue weighted by Crippen LogP contribution is 2.25. The van der Waals surface area contributed by atoms with Crippen LogP contribution in [0.1, 0.15) is 33.6 Å². The summed E-state index contributed by atoms with van der Waals surface area (Å²) in [5.41, 5.74) is -0.0373. The minimum atomic E-state index is -0.0373. The Labute approximate surface area is 133 Å². The fourth-order valence-electron chi connectivity index (χ4n) is 2.98. The zero-order valence-electron chi connectivity index (χ0n) is 14.0. The number of anilines is 3. The fourth-order valence-corrected chi connectivity index (χ4v) is 2.98. The summed E-state index contributed by atoms with van der Waals surface area (Å²) in [4.78, 5) is 14.2. The van der Waals surface area contributed by atoms with Gasteiger partial charge in [-0.2, -0.15) is 9.97 Å². The van der Waals surface area contributed by atoms with Gasteiger partial charge in [-0.3, -0.25) is 0 Å². The first-order valence-electron chi connectivity index (χ1n) is 8.39. The number of aromatic nitrogens is 2. The van der Waals surface area contributed by atoms with Crippen LogP contribution in [-0.2, 0) is 0 Å². The Morgan fingerprint density at radius 1 is 0.955 bits per heavy atom. The lowest BCUT2D eigenvalue weighted by Crippen LogP contribution is -2.44. The molecule has 0 unspecified atom stereocenters. The third-order valence-corrected chi connectivity index (χ3v) is 4.06. The molecule has 1 aromatic rings. The summed E-state index contributed by atoms with van der Waals surface area (Å²) < 4.78 is 0. The van der Waals surface area contributed by atoms with Gasteiger partial charge in [0.05, 0.1) is 0 Å². The lowest BCUT2D eigenvalue weighted by atomic mass is 10.1. The Bertz CT molecular complexity index is 498. The molecular weight excluding hydrogens is 276 g/mol. The van der Waals surface area contributed by atoms with E-state index in [0.29, 0.717) is 0 Å². The molecule has 0 aromatic carbocycles. The summed E-state index contributed by atoms with van der Waals surface area (Å²) in [6, 6.07) is 2.16. The predicted octanol–water partition coefficient (Wildman–Crippen LogP) is 1.70. The molecule has 2 saturated heterocycles. The van der Waals surface area contributed by atoms with E-state index < -0.39 is 0 Å². The van der Waals surface area contributed by atoms with E-state index in [4.69, 9.17) is 9.97 Å². The molecule has 0 amide bonds. The molecule has 2 aliphatic heterocycles. The number of nitrogens with one attached hydrogen (secondary N) is 2. The highest BCUT2D eigenvalue weighted by Gasteiger charge is 2.20. The minimum absolute atomic E-state index is 0.0373. The Kier molecular flexibility index (Phi) is 4.38. The van der Waals surface area contributed by atoms with Gasteiger partial charge >= 0.3 is 0 Å². The Morgan fingerprint density at radius 2 is 1.50 bits per heavy atom. The Hall–Kier alpha value is -1.56. The first kappa shape index (κ1) is 15.3. The molecule has 0 atom stereocenters. The lowest BCUT2D eigenvalue weighted by Gasteiger charge is -2.30. The van der Waals surface area contributed by atoms with Gasteiger partial charge < -0.3 is 20.4 Å². The van der Waals surface area contributed by atoms with Crippen LogP contribution in [0.3, 0.4) is 0 Å². The molecule has 6 nitrogen and oxygen atoms in total. The van der Waals surface area contributed by atoms with Crippen LogP contribution in [0.25, 0.3) is 0 Å². The van der Waals surface area contributed by atoms with Crippen molar-refractivity contribution in [3.05, 3.63) is 6.07 Å². The van der Waals surface area contributed by atoms with Crippen LogP contribution >= 0.6 is 0 Å². The third kappa shape index (κ3) is 3.80. The normalized spacial score (nSPS) is 19.6. The highest BCUT2D eigenvalue weighted by atomic mass is 15.3. The van der Waals surface area contributed by atoms with Gasteiger partial charge in [-0.15, -0.1) is 0 Å². The summed E-state index contributed by atoms with van der Waals surface area (Å²) >= 11 is 0. The van der Waals surface area contributed by atoms with Crippen LogP contribution in [0, 0.1) is 0 Å². The SMILES string of the molecule is CC(C)(C)Nc1nc(N2CCCC2)cc(N2CCNCC2)n1. The molecule has 0 spiro atoms. The number of hydrogen-bond acceptors (Lipinski definition) is 6. The molecule has 2 N–H and O–H groups in total. The third-order valence-electron chi connectivity index (χ3n) is 4.06. The smallest absolute Gasteiger partial charge is 0.227 e. The number of nitrogens with zero attached hydrogens (tertiary/aromatic N) is 4. The molecular formula is C16H28N6. The molecule has 1 aromatic heterocycles. The van der Waals surface area contributed by atoms with Gasteiger partial charge in [0.2, 0.25) is 5.95 Å². The van der Waals surface area contributed by atoms with E-state index in [1.807, 2.05) is 0 Å². The molecule has 2 aliphatic rings. The van der Waals surface area contributed by atoms with Crippen LogP contribution in [0.15, 0.2) is 6.07 Å². The zero-order chi connectivity index (χ0) is 15.6. The van der Waals surface area contributed by atoms with Crippen LogP contribution in [0.5, 0.6) is 0 Å². The quantitative estimate of drug-likeness (QED) is 0.886. The molecule has 0 bridgehead atoms. The topological polar surface area (TPSA) is 56.3 Å². The molecule has 22 heavy (non-hydrogen) atoms. The van der Waals surface area contributed by atoms with Crippen molar-refractivity contribution in [1.29, 1.82) is 0 Å². The van der Waals surface area contributed by atoms with Crippen LogP contribution in [-0.4, -0.2) is 54.8 Å². The average Bonchev–Trinajstić information content (AvgIpc) is 3.00. The van der Waals surface area contributed by atoms with E-state index in [1.165, 1.54) is 12.8 Å². The number of rotatable bonds is 3. The minimum Gasteiger partial charge on any atom is -0.356 e. The Balaban J connectivity index is 1.89. The summed E-state index contributed by atoms with van der Waals surface area (Å²) in [6.45, 7) is 12.7. The van der Waals surface area contributed by atoms with Gasteiger partial charge in [0, 0.05) is 50.9 Å². The number of hydrogen-bond donors (Lipinski definition) is 2. The van der Waals surface area contributed by atoms with E-state index in [9.17, 15) is 0 Å². The summed E-state index contributed by atoms with van der Waals surface area (Å²) in [7, 11) is 0. The fraction of sp³-hybridized carbons (Fsp3) is 0.750. The maximum Gasteiger partial charge on any atom is 0.227 e. The zero-order valence-corrected chi connectivity index (χ0v) is 14.0.